The summed E-state index contributed by atoms with van der Waals surface area (Å²) in [6.45, 7) is -0.310. The van der Waals surface area contributed by atoms with Gasteiger partial charge in [-0.1, -0.05) is 5.10 Å². The largest absolute Gasteiger partial charge is 0.711 e. The summed E-state index contributed by atoms with van der Waals surface area (Å²) in [4.78, 5) is 10.4. The average Bonchev–Trinajstić information content (AvgIpc) is 2.49. The van der Waals surface area contributed by atoms with E-state index in [9.17, 15) is 10.0 Å². The Kier molecular flexibility index (Phi) is 1.81. The van der Waals surface area contributed by atoms with Gasteiger partial charge in [-0.15, -0.1) is 4.68 Å². The number of carbonyl (C=O) groups is 1. The molecule has 0 saturated heterocycles. The number of aliphatic carboxylic acids is 1. The highest BCUT2D eigenvalue weighted by atomic mass is 16.5. The van der Waals surface area contributed by atoms with Gasteiger partial charge in [0.25, 0.3) is 0 Å². The molecular formula is C8H7N3O3. The van der Waals surface area contributed by atoms with Crippen LogP contribution in [0.5, 0.6) is 0 Å². The van der Waals surface area contributed by atoms with E-state index in [0.717, 1.165) is 4.68 Å². The molecule has 0 aliphatic rings. The predicted octanol–water partition coefficient (Wildman–Crippen LogP) is -0.246. The maximum absolute atomic E-state index is 11.3. The number of carboxylic acids is 1. The lowest BCUT2D eigenvalue weighted by atomic mass is 10.4. The third kappa shape index (κ3) is 1.26. The molecule has 0 unspecified atom stereocenters. The molecule has 0 radical (unpaired) electrons. The van der Waals surface area contributed by atoms with E-state index < -0.39 is 5.97 Å². The highest BCUT2D eigenvalue weighted by Crippen LogP contribution is 2.07. The summed E-state index contributed by atoms with van der Waals surface area (Å²) in [6.07, 6.45) is 2.77. The van der Waals surface area contributed by atoms with Crippen LogP contribution in [0, 0.1) is 5.21 Å². The molecule has 2 aromatic heterocycles. The second-order valence-electron chi connectivity index (χ2n) is 2.81. The molecule has 0 bridgehead atoms. The topological polar surface area (TPSA) is 82.1 Å². The lowest BCUT2D eigenvalue weighted by molar-refractivity contribution is -0.580. The van der Waals surface area contributed by atoms with Crippen LogP contribution in [0.1, 0.15) is 0 Å². The van der Waals surface area contributed by atoms with Crippen LogP contribution in [-0.4, -0.2) is 20.9 Å². The lowest BCUT2D eigenvalue weighted by Gasteiger charge is -2.02. The van der Waals surface area contributed by atoms with Crippen molar-refractivity contribution in [3.8, 4) is 0 Å². The first-order chi connectivity index (χ1) is 6.68. The van der Waals surface area contributed by atoms with Gasteiger partial charge in [-0.05, 0) is 12.1 Å². The number of nitrogens with zero attached hydrogens (tertiary/aromatic N) is 3. The van der Waals surface area contributed by atoms with Crippen molar-refractivity contribution in [2.75, 3.05) is 0 Å². The quantitative estimate of drug-likeness (QED) is 0.526. The molecule has 0 aromatic carbocycles. The van der Waals surface area contributed by atoms with Crippen molar-refractivity contribution >= 4 is 17.0 Å². The molecule has 6 nitrogen and oxygen atoms in total. The van der Waals surface area contributed by atoms with Crippen molar-refractivity contribution in [2.24, 2.45) is 0 Å². The molecule has 6 heteroatoms. The summed E-state index contributed by atoms with van der Waals surface area (Å²) >= 11 is 0. The molecule has 2 aromatic rings. The van der Waals surface area contributed by atoms with E-state index in [4.69, 9.17) is 5.11 Å². The van der Waals surface area contributed by atoms with E-state index in [2.05, 4.69) is 5.10 Å². The summed E-state index contributed by atoms with van der Waals surface area (Å²) in [6, 6.07) is 3.29. The number of fused-ring (bicyclic) bond motifs is 1. The van der Waals surface area contributed by atoms with Gasteiger partial charge in [0.15, 0.2) is 0 Å². The molecule has 14 heavy (non-hydrogen) atoms. The minimum Gasteiger partial charge on any atom is -0.711 e. The van der Waals surface area contributed by atoms with E-state index in [0.29, 0.717) is 10.1 Å². The van der Waals surface area contributed by atoms with Crippen LogP contribution < -0.4 is 4.73 Å². The maximum atomic E-state index is 11.3. The zero-order chi connectivity index (χ0) is 10.1. The van der Waals surface area contributed by atoms with Crippen LogP contribution in [0.25, 0.3) is 11.0 Å². The maximum Gasteiger partial charge on any atom is 0.348 e. The third-order valence-electron chi connectivity index (χ3n) is 1.83. The zero-order valence-corrected chi connectivity index (χ0v) is 7.12. The van der Waals surface area contributed by atoms with Crippen molar-refractivity contribution in [1.82, 2.24) is 9.78 Å². The van der Waals surface area contributed by atoms with Gasteiger partial charge in [-0.25, -0.2) is 9.52 Å². The molecule has 0 aliphatic carbocycles. The first kappa shape index (κ1) is 8.49. The Morgan fingerprint density at radius 2 is 2.50 bits per heavy atom. The molecule has 72 valence electrons. The Labute approximate surface area is 78.6 Å². The minimum absolute atomic E-state index is 0.259. The van der Waals surface area contributed by atoms with Crippen LogP contribution in [0.4, 0.5) is 0 Å². The molecule has 0 spiro atoms. The van der Waals surface area contributed by atoms with Gasteiger partial charge >= 0.3 is 11.6 Å². The summed E-state index contributed by atoms with van der Waals surface area (Å²) in [5.41, 5.74) is 0.259. The summed E-state index contributed by atoms with van der Waals surface area (Å²) < 4.78 is 1.76. The summed E-state index contributed by atoms with van der Waals surface area (Å²) in [5.74, 6) is -1.03. The standard InChI is InChI=1S/C8H7N3O3/c12-7(13)5-10-8-6(4-9-10)2-1-3-11(8)14/h1-4H,5H2,(H,12,13). The number of pyridine rings is 1. The Morgan fingerprint density at radius 3 is 3.21 bits per heavy atom. The van der Waals surface area contributed by atoms with E-state index >= 15 is 0 Å². The van der Waals surface area contributed by atoms with Gasteiger partial charge in [0.1, 0.15) is 0 Å². The van der Waals surface area contributed by atoms with Gasteiger partial charge in [-0.2, -0.15) is 0 Å². The number of hydrogen-bond donors (Lipinski definition) is 1. The van der Waals surface area contributed by atoms with Crippen LogP contribution in [-0.2, 0) is 11.3 Å². The van der Waals surface area contributed by atoms with Gasteiger partial charge in [0, 0.05) is 0 Å². The number of rotatable bonds is 2. The molecule has 0 fully saturated rings. The second kappa shape index (κ2) is 2.99. The highest BCUT2D eigenvalue weighted by Gasteiger charge is 2.14. The Morgan fingerprint density at radius 1 is 1.71 bits per heavy atom. The molecule has 0 amide bonds. The summed E-state index contributed by atoms with van der Waals surface area (Å²) in [7, 11) is 0. The van der Waals surface area contributed by atoms with Crippen LogP contribution in [0.2, 0.25) is 0 Å². The monoisotopic (exact) mass is 193 g/mol. The van der Waals surface area contributed by atoms with Crippen LogP contribution in [0.3, 0.4) is 0 Å². The van der Waals surface area contributed by atoms with E-state index in [1.54, 1.807) is 12.1 Å². The molecule has 2 rings (SSSR count). The average molecular weight is 193 g/mol. The SMILES string of the molecule is O=C(O)Cn1ncc2ccc[n+]([O-])c21. The van der Waals surface area contributed by atoms with Crippen molar-refractivity contribution < 1.29 is 14.6 Å². The molecule has 0 atom stereocenters. The normalized spacial score (nSPS) is 10.6. The molecular weight excluding hydrogens is 186 g/mol. The van der Waals surface area contributed by atoms with Crippen molar-refractivity contribution in [3.05, 3.63) is 29.7 Å². The zero-order valence-electron chi connectivity index (χ0n) is 7.12. The highest BCUT2D eigenvalue weighted by molar-refractivity contribution is 5.74. The van der Waals surface area contributed by atoms with Gasteiger partial charge in [-0.3, -0.25) is 0 Å². The Hall–Kier alpha value is -2.11. The fourth-order valence-electron chi connectivity index (χ4n) is 1.29. The van der Waals surface area contributed by atoms with Crippen LogP contribution in [0.15, 0.2) is 24.5 Å². The molecule has 0 saturated carbocycles. The second-order valence-corrected chi connectivity index (χ2v) is 2.81. The summed E-state index contributed by atoms with van der Waals surface area (Å²) in [5, 5.41) is 24.3. The minimum atomic E-state index is -1.03. The van der Waals surface area contributed by atoms with Gasteiger partial charge in [0.2, 0.25) is 6.54 Å². The number of aromatic nitrogens is 3. The first-order valence-corrected chi connectivity index (χ1v) is 3.94. The smallest absolute Gasteiger partial charge is 0.348 e. The van der Waals surface area contributed by atoms with Gasteiger partial charge < -0.3 is 10.3 Å². The van der Waals surface area contributed by atoms with E-state index in [1.165, 1.54) is 12.4 Å². The number of carboxylic acid groups (broad SMARTS) is 1. The predicted molar refractivity (Wildman–Crippen MR) is 46.3 cm³/mol. The fourth-order valence-corrected chi connectivity index (χ4v) is 1.29. The van der Waals surface area contributed by atoms with Crippen molar-refractivity contribution in [3.63, 3.8) is 0 Å². The first-order valence-electron chi connectivity index (χ1n) is 3.94. The molecule has 2 heterocycles. The lowest BCUT2D eigenvalue weighted by Crippen LogP contribution is -2.29. The Balaban J connectivity index is 2.61. The third-order valence-corrected chi connectivity index (χ3v) is 1.83. The Bertz CT molecular complexity index is 492. The van der Waals surface area contributed by atoms with E-state index in [1.807, 2.05) is 0 Å². The van der Waals surface area contributed by atoms with Crippen molar-refractivity contribution in [2.45, 2.75) is 6.54 Å². The number of hydrogen-bond acceptors (Lipinski definition) is 3. The van der Waals surface area contributed by atoms with E-state index in [-0.39, 0.29) is 12.2 Å². The molecule has 0 aliphatic heterocycles. The fraction of sp³-hybridized carbons (Fsp3) is 0.125. The van der Waals surface area contributed by atoms with Gasteiger partial charge in [0.05, 0.1) is 17.8 Å². The van der Waals surface area contributed by atoms with Crippen molar-refractivity contribution in [1.29, 1.82) is 0 Å². The van der Waals surface area contributed by atoms with Crippen LogP contribution >= 0.6 is 0 Å². The molecule has 1 N–H and O–H groups in total.